The molecule has 88 valence electrons. The van der Waals surface area contributed by atoms with Crippen molar-refractivity contribution in [2.24, 2.45) is 0 Å². The van der Waals surface area contributed by atoms with Crippen LogP contribution < -0.4 is 10.6 Å². The Labute approximate surface area is 99.4 Å². The summed E-state index contributed by atoms with van der Waals surface area (Å²) in [5.74, 6) is 0. The molecule has 5 nitrogen and oxygen atoms in total. The van der Waals surface area contributed by atoms with Crippen LogP contribution in [0.4, 0.5) is 4.79 Å². The van der Waals surface area contributed by atoms with Crippen molar-refractivity contribution in [2.45, 2.75) is 37.4 Å². The average Bonchev–Trinajstić information content (AvgIpc) is 3.04. The van der Waals surface area contributed by atoms with Crippen molar-refractivity contribution in [3.8, 4) is 6.07 Å². The molecule has 3 atom stereocenters. The van der Waals surface area contributed by atoms with Crippen LogP contribution >= 0.6 is 0 Å². The first-order chi connectivity index (χ1) is 8.26. The molecule has 1 aromatic heterocycles. The molecule has 2 bridgehead atoms. The van der Waals surface area contributed by atoms with Gasteiger partial charge in [0.1, 0.15) is 6.07 Å². The standard InChI is InChI=1S/C12H14N4O/c13-6-8-3-4-16(7-8)12(17)15-11-5-9-1-2-10(11)14-9/h3-4,7,9-11,14H,1-2,5H2,(H,15,17)/t9-,10+,11-/m1/s1. The summed E-state index contributed by atoms with van der Waals surface area (Å²) < 4.78 is 1.44. The first-order valence-corrected chi connectivity index (χ1v) is 5.91. The van der Waals surface area contributed by atoms with E-state index in [0.717, 1.165) is 12.8 Å². The molecule has 0 aliphatic carbocycles. The van der Waals surface area contributed by atoms with E-state index in [1.807, 2.05) is 6.07 Å². The molecule has 2 aliphatic heterocycles. The maximum atomic E-state index is 11.9. The molecule has 2 aliphatic rings. The summed E-state index contributed by atoms with van der Waals surface area (Å²) in [5.41, 5.74) is 0.506. The average molecular weight is 230 g/mol. The highest BCUT2D eigenvalue weighted by Crippen LogP contribution is 2.28. The zero-order valence-electron chi connectivity index (χ0n) is 9.39. The molecule has 1 amide bonds. The van der Waals surface area contributed by atoms with Gasteiger partial charge in [0.05, 0.1) is 5.56 Å². The molecule has 1 aromatic rings. The Morgan fingerprint density at radius 2 is 2.47 bits per heavy atom. The van der Waals surface area contributed by atoms with E-state index in [2.05, 4.69) is 10.6 Å². The van der Waals surface area contributed by atoms with Gasteiger partial charge in [-0.1, -0.05) is 0 Å². The SMILES string of the molecule is N#Cc1ccn(C(=O)N[C@@H]2C[C@H]3CC[C@@H]2N3)c1. The summed E-state index contributed by atoms with van der Waals surface area (Å²) in [6.45, 7) is 0. The molecule has 2 N–H and O–H groups in total. The fraction of sp³-hybridized carbons (Fsp3) is 0.500. The molecule has 0 aromatic carbocycles. The highest BCUT2D eigenvalue weighted by Gasteiger charge is 2.39. The van der Waals surface area contributed by atoms with Gasteiger partial charge < -0.3 is 10.6 Å². The predicted molar refractivity (Wildman–Crippen MR) is 61.4 cm³/mol. The smallest absolute Gasteiger partial charge is 0.325 e. The number of fused-ring (bicyclic) bond motifs is 2. The molecule has 0 unspecified atom stereocenters. The fourth-order valence-corrected chi connectivity index (χ4v) is 2.81. The number of amides is 1. The zero-order valence-corrected chi connectivity index (χ0v) is 9.39. The summed E-state index contributed by atoms with van der Waals surface area (Å²) in [6, 6.07) is 4.73. The lowest BCUT2D eigenvalue weighted by Crippen LogP contribution is -2.44. The Balaban J connectivity index is 1.66. The Kier molecular flexibility index (Phi) is 2.37. The number of carbonyl (C=O) groups excluding carboxylic acids is 1. The Bertz CT molecular complexity index is 487. The third kappa shape index (κ3) is 1.81. The van der Waals surface area contributed by atoms with Gasteiger partial charge in [0.2, 0.25) is 0 Å². The molecule has 17 heavy (non-hydrogen) atoms. The first-order valence-electron chi connectivity index (χ1n) is 5.91. The van der Waals surface area contributed by atoms with E-state index in [4.69, 9.17) is 5.26 Å². The van der Waals surface area contributed by atoms with Crippen molar-refractivity contribution in [3.05, 3.63) is 24.0 Å². The van der Waals surface area contributed by atoms with E-state index < -0.39 is 0 Å². The number of aromatic nitrogens is 1. The van der Waals surface area contributed by atoms with Gasteiger partial charge in [0, 0.05) is 30.5 Å². The summed E-state index contributed by atoms with van der Waals surface area (Å²) in [7, 11) is 0. The molecular formula is C12H14N4O. The van der Waals surface area contributed by atoms with Crippen LogP contribution in [0.2, 0.25) is 0 Å². The van der Waals surface area contributed by atoms with Gasteiger partial charge in [-0.2, -0.15) is 5.26 Å². The first kappa shape index (κ1) is 10.4. The number of hydrogen-bond acceptors (Lipinski definition) is 3. The van der Waals surface area contributed by atoms with Crippen LogP contribution in [0.5, 0.6) is 0 Å². The Morgan fingerprint density at radius 1 is 1.59 bits per heavy atom. The normalized spacial score (nSPS) is 30.2. The van der Waals surface area contributed by atoms with Crippen LogP contribution in [0.1, 0.15) is 24.8 Å². The maximum Gasteiger partial charge on any atom is 0.325 e. The van der Waals surface area contributed by atoms with E-state index in [-0.39, 0.29) is 12.1 Å². The second-order valence-electron chi connectivity index (χ2n) is 4.76. The summed E-state index contributed by atoms with van der Waals surface area (Å²) in [6.07, 6.45) is 6.55. The second-order valence-corrected chi connectivity index (χ2v) is 4.76. The molecule has 2 saturated heterocycles. The van der Waals surface area contributed by atoms with E-state index in [9.17, 15) is 4.79 Å². The number of rotatable bonds is 1. The van der Waals surface area contributed by atoms with Crippen molar-refractivity contribution in [1.29, 1.82) is 5.26 Å². The molecule has 2 fully saturated rings. The number of carbonyl (C=O) groups is 1. The lowest BCUT2D eigenvalue weighted by molar-refractivity contribution is 0.236. The molecule has 3 rings (SSSR count). The predicted octanol–water partition coefficient (Wildman–Crippen LogP) is 0.810. The van der Waals surface area contributed by atoms with Crippen molar-refractivity contribution in [3.63, 3.8) is 0 Å². The van der Waals surface area contributed by atoms with E-state index in [0.29, 0.717) is 17.6 Å². The number of nitrogens with one attached hydrogen (secondary N) is 2. The van der Waals surface area contributed by atoms with Gasteiger partial charge in [-0.25, -0.2) is 4.79 Å². The minimum absolute atomic E-state index is 0.147. The van der Waals surface area contributed by atoms with E-state index in [1.54, 1.807) is 18.5 Å². The van der Waals surface area contributed by atoms with Crippen LogP contribution in [0.25, 0.3) is 0 Å². The van der Waals surface area contributed by atoms with Crippen molar-refractivity contribution in [1.82, 2.24) is 15.2 Å². The highest BCUT2D eigenvalue weighted by atomic mass is 16.2. The molecule has 5 heteroatoms. The Morgan fingerprint density at radius 3 is 3.06 bits per heavy atom. The van der Waals surface area contributed by atoms with Gasteiger partial charge in [-0.3, -0.25) is 4.57 Å². The molecule has 0 radical (unpaired) electrons. The minimum Gasteiger partial charge on any atom is -0.333 e. The van der Waals surface area contributed by atoms with Crippen molar-refractivity contribution in [2.75, 3.05) is 0 Å². The van der Waals surface area contributed by atoms with Gasteiger partial charge in [-0.05, 0) is 25.3 Å². The monoisotopic (exact) mass is 230 g/mol. The summed E-state index contributed by atoms with van der Waals surface area (Å²) in [5, 5.41) is 15.2. The number of nitriles is 1. The van der Waals surface area contributed by atoms with E-state index in [1.165, 1.54) is 11.0 Å². The Hall–Kier alpha value is -1.80. The van der Waals surface area contributed by atoms with E-state index >= 15 is 0 Å². The fourth-order valence-electron chi connectivity index (χ4n) is 2.81. The minimum atomic E-state index is -0.147. The molecule has 0 saturated carbocycles. The zero-order chi connectivity index (χ0) is 11.8. The van der Waals surface area contributed by atoms with Crippen LogP contribution in [-0.2, 0) is 0 Å². The largest absolute Gasteiger partial charge is 0.333 e. The van der Waals surface area contributed by atoms with Crippen molar-refractivity contribution < 1.29 is 4.79 Å². The van der Waals surface area contributed by atoms with Crippen LogP contribution in [0, 0.1) is 11.3 Å². The topological polar surface area (TPSA) is 69.8 Å². The van der Waals surface area contributed by atoms with Crippen LogP contribution in [0.15, 0.2) is 18.5 Å². The second kappa shape index (κ2) is 3.90. The van der Waals surface area contributed by atoms with Gasteiger partial charge in [-0.15, -0.1) is 0 Å². The molecular weight excluding hydrogens is 216 g/mol. The molecule has 3 heterocycles. The van der Waals surface area contributed by atoms with Gasteiger partial charge in [0.15, 0.2) is 0 Å². The lowest BCUT2D eigenvalue weighted by atomic mass is 9.96. The van der Waals surface area contributed by atoms with Crippen LogP contribution in [0.3, 0.4) is 0 Å². The number of nitrogens with zero attached hydrogens (tertiary/aromatic N) is 2. The van der Waals surface area contributed by atoms with Gasteiger partial charge >= 0.3 is 6.03 Å². The lowest BCUT2D eigenvalue weighted by Gasteiger charge is -2.21. The van der Waals surface area contributed by atoms with Gasteiger partial charge in [0.25, 0.3) is 0 Å². The van der Waals surface area contributed by atoms with Crippen LogP contribution in [-0.4, -0.2) is 28.7 Å². The summed E-state index contributed by atoms with van der Waals surface area (Å²) in [4.78, 5) is 11.9. The quantitative estimate of drug-likeness (QED) is 0.750. The third-order valence-electron chi connectivity index (χ3n) is 3.67. The number of hydrogen-bond donors (Lipinski definition) is 2. The maximum absolute atomic E-state index is 11.9. The molecule has 0 spiro atoms. The summed E-state index contributed by atoms with van der Waals surface area (Å²) >= 11 is 0. The van der Waals surface area contributed by atoms with Crippen molar-refractivity contribution >= 4 is 6.03 Å². The highest BCUT2D eigenvalue weighted by molar-refractivity contribution is 5.77. The third-order valence-corrected chi connectivity index (χ3v) is 3.67.